The summed E-state index contributed by atoms with van der Waals surface area (Å²) < 4.78 is 4.83. The fourth-order valence-corrected chi connectivity index (χ4v) is 1.72. The van der Waals surface area contributed by atoms with E-state index in [1.54, 1.807) is 6.92 Å². The number of alkyl halides is 1. The van der Waals surface area contributed by atoms with Crippen molar-refractivity contribution in [2.24, 2.45) is 0 Å². The van der Waals surface area contributed by atoms with Crippen LogP contribution in [0, 0.1) is 0 Å². The molecular weight excluding hydrogens is 318 g/mol. The molecule has 0 saturated carbocycles. The van der Waals surface area contributed by atoms with Crippen LogP contribution in [0.3, 0.4) is 0 Å². The van der Waals surface area contributed by atoms with E-state index in [2.05, 4.69) is 29.4 Å². The first-order valence-corrected chi connectivity index (χ1v) is 8.61. The molecule has 0 aromatic rings. The third-order valence-corrected chi connectivity index (χ3v) is 3.17. The molecule has 0 atom stereocenters. The van der Waals surface area contributed by atoms with Crippen LogP contribution in [-0.2, 0) is 9.53 Å². The first-order chi connectivity index (χ1) is 9.45. The van der Waals surface area contributed by atoms with E-state index in [1.807, 2.05) is 19.0 Å². The molecule has 0 bridgehead atoms. The van der Waals surface area contributed by atoms with Crippen molar-refractivity contribution in [2.75, 3.05) is 32.6 Å². The average Bonchev–Trinajstić information content (AvgIpc) is 2.38. The fraction of sp³-hybridized carbons (Fsp3) is 0.812. The zero-order chi connectivity index (χ0) is 15.8. The first kappa shape index (κ1) is 21.9. The van der Waals surface area contributed by atoms with E-state index in [9.17, 15) is 4.79 Å². The molecule has 3 nitrogen and oxygen atoms in total. The molecule has 0 rings (SSSR count). The summed E-state index contributed by atoms with van der Waals surface area (Å²) >= 11 is 3.42. The van der Waals surface area contributed by atoms with E-state index in [1.165, 1.54) is 43.9 Å². The molecule has 0 spiro atoms. The lowest BCUT2D eigenvalue weighted by Gasteiger charge is -2.09. The minimum absolute atomic E-state index is 0.313. The molecule has 0 unspecified atom stereocenters. The molecule has 0 heterocycles. The summed E-state index contributed by atoms with van der Waals surface area (Å²) in [4.78, 5) is 12.7. The molecule has 120 valence electrons. The van der Waals surface area contributed by atoms with Crippen molar-refractivity contribution < 1.29 is 9.53 Å². The highest BCUT2D eigenvalue weighted by Gasteiger charge is 2.01. The molecular formula is C16H32BrNO2. The van der Waals surface area contributed by atoms with Crippen LogP contribution in [0.15, 0.2) is 12.2 Å². The number of halogens is 1. The van der Waals surface area contributed by atoms with E-state index in [-0.39, 0.29) is 5.97 Å². The van der Waals surface area contributed by atoms with Crippen molar-refractivity contribution in [1.82, 2.24) is 4.90 Å². The van der Waals surface area contributed by atoms with Gasteiger partial charge in [0.05, 0.1) is 0 Å². The molecule has 4 heteroatoms. The smallest absolute Gasteiger partial charge is 0.333 e. The maximum atomic E-state index is 10.8. The van der Waals surface area contributed by atoms with Crippen LogP contribution in [0.5, 0.6) is 0 Å². The third kappa shape index (κ3) is 20.0. The molecule has 0 aliphatic carbocycles. The Morgan fingerprint density at radius 2 is 1.70 bits per heavy atom. The zero-order valence-corrected chi connectivity index (χ0v) is 15.3. The van der Waals surface area contributed by atoms with Crippen LogP contribution in [0.2, 0.25) is 0 Å². The number of hydrogen-bond donors (Lipinski definition) is 0. The lowest BCUT2D eigenvalue weighted by molar-refractivity contribution is -0.139. The maximum absolute atomic E-state index is 10.8. The minimum atomic E-state index is -0.313. The number of esters is 1. The van der Waals surface area contributed by atoms with Crippen LogP contribution in [-0.4, -0.2) is 43.4 Å². The Bertz CT molecular complexity index is 237. The highest BCUT2D eigenvalue weighted by atomic mass is 79.9. The second-order valence-electron chi connectivity index (χ2n) is 5.18. The lowest BCUT2D eigenvalue weighted by atomic mass is 10.1. The van der Waals surface area contributed by atoms with Gasteiger partial charge in [-0.05, 0) is 27.4 Å². The number of hydrogen-bond acceptors (Lipinski definition) is 3. The number of carbonyl (C=O) groups is 1. The van der Waals surface area contributed by atoms with Crippen molar-refractivity contribution in [2.45, 2.75) is 52.4 Å². The number of ether oxygens (including phenoxy) is 1. The van der Waals surface area contributed by atoms with E-state index in [4.69, 9.17) is 4.74 Å². The molecule has 0 aliphatic rings. The quantitative estimate of drug-likeness (QED) is 0.253. The Morgan fingerprint density at radius 3 is 2.15 bits per heavy atom. The third-order valence-electron chi connectivity index (χ3n) is 2.61. The monoisotopic (exact) mass is 349 g/mol. The molecule has 20 heavy (non-hydrogen) atoms. The first-order valence-electron chi connectivity index (χ1n) is 7.49. The van der Waals surface area contributed by atoms with Gasteiger partial charge in [-0.2, -0.15) is 0 Å². The van der Waals surface area contributed by atoms with Crippen LogP contribution in [0.25, 0.3) is 0 Å². The van der Waals surface area contributed by atoms with Crippen molar-refractivity contribution >= 4 is 21.9 Å². The molecule has 0 saturated heterocycles. The second-order valence-corrected chi connectivity index (χ2v) is 5.97. The Morgan fingerprint density at radius 1 is 1.15 bits per heavy atom. The molecule has 0 radical (unpaired) electrons. The van der Waals surface area contributed by atoms with Crippen molar-refractivity contribution in [1.29, 1.82) is 0 Å². The standard InChI is InChI=1S/C8H17Br.C8H15NO2/c1-2-3-4-5-6-7-8-9;1-7(2)8(10)11-6-5-9(3)4/h2-8H2,1H3;1,5-6H2,2-4H3. The highest BCUT2D eigenvalue weighted by Crippen LogP contribution is 2.05. The van der Waals surface area contributed by atoms with Gasteiger partial charge in [-0.15, -0.1) is 0 Å². The zero-order valence-electron chi connectivity index (χ0n) is 13.7. The summed E-state index contributed by atoms with van der Waals surface area (Å²) in [7, 11) is 3.85. The lowest BCUT2D eigenvalue weighted by Crippen LogP contribution is -2.20. The summed E-state index contributed by atoms with van der Waals surface area (Å²) in [6, 6.07) is 0. The van der Waals surface area contributed by atoms with Crippen LogP contribution < -0.4 is 0 Å². The summed E-state index contributed by atoms with van der Waals surface area (Å²) in [5.41, 5.74) is 0.448. The Kier molecular flexibility index (Phi) is 18.3. The average molecular weight is 350 g/mol. The molecule has 0 amide bonds. The second kappa shape index (κ2) is 16.7. The van der Waals surface area contributed by atoms with Crippen molar-refractivity contribution in [3.63, 3.8) is 0 Å². The van der Waals surface area contributed by atoms with Crippen LogP contribution in [0.1, 0.15) is 52.4 Å². The molecule has 0 fully saturated rings. The number of nitrogens with zero attached hydrogens (tertiary/aromatic N) is 1. The summed E-state index contributed by atoms with van der Waals surface area (Å²) in [6.07, 6.45) is 8.40. The summed E-state index contributed by atoms with van der Waals surface area (Å²) in [5, 5.41) is 1.18. The topological polar surface area (TPSA) is 29.5 Å². The van der Waals surface area contributed by atoms with E-state index < -0.39 is 0 Å². The Balaban J connectivity index is 0. The predicted molar refractivity (Wildman–Crippen MR) is 91.5 cm³/mol. The number of carbonyl (C=O) groups excluding carboxylic acids is 1. The number of likely N-dealkylation sites (N-methyl/N-ethyl adjacent to an activating group) is 1. The summed E-state index contributed by atoms with van der Waals surface area (Å²) in [5.74, 6) is -0.313. The van der Waals surface area contributed by atoms with Gasteiger partial charge in [0.2, 0.25) is 0 Å². The molecule has 0 aromatic carbocycles. The number of unbranched alkanes of at least 4 members (excludes halogenated alkanes) is 5. The van der Waals surface area contributed by atoms with Gasteiger partial charge >= 0.3 is 5.97 Å². The number of rotatable bonds is 10. The van der Waals surface area contributed by atoms with Crippen molar-refractivity contribution in [3.8, 4) is 0 Å². The van der Waals surface area contributed by atoms with Crippen molar-refractivity contribution in [3.05, 3.63) is 12.2 Å². The van der Waals surface area contributed by atoms with Gasteiger partial charge in [-0.25, -0.2) is 4.79 Å². The Hall–Kier alpha value is -0.350. The Labute approximate surface area is 133 Å². The molecule has 0 aliphatic heterocycles. The van der Waals surface area contributed by atoms with E-state index in [0.29, 0.717) is 12.2 Å². The maximum Gasteiger partial charge on any atom is 0.333 e. The predicted octanol–water partition coefficient (Wildman–Crippen LogP) is 4.41. The van der Waals surface area contributed by atoms with Gasteiger partial charge < -0.3 is 9.64 Å². The van der Waals surface area contributed by atoms with Gasteiger partial charge in [0.1, 0.15) is 6.61 Å². The van der Waals surface area contributed by atoms with Gasteiger partial charge in [0.15, 0.2) is 0 Å². The summed E-state index contributed by atoms with van der Waals surface area (Å²) in [6.45, 7) is 8.53. The van der Waals surface area contributed by atoms with Gasteiger partial charge in [0, 0.05) is 17.4 Å². The highest BCUT2D eigenvalue weighted by molar-refractivity contribution is 9.09. The SMILES string of the molecule is C=C(C)C(=O)OCCN(C)C.CCCCCCCCBr. The van der Waals surface area contributed by atoms with Crippen LogP contribution >= 0.6 is 15.9 Å². The fourth-order valence-electron chi connectivity index (χ4n) is 1.32. The van der Waals surface area contributed by atoms with Gasteiger partial charge in [0.25, 0.3) is 0 Å². The van der Waals surface area contributed by atoms with Gasteiger partial charge in [-0.1, -0.05) is 61.5 Å². The minimum Gasteiger partial charge on any atom is -0.461 e. The van der Waals surface area contributed by atoms with E-state index >= 15 is 0 Å². The largest absolute Gasteiger partial charge is 0.461 e. The normalized spacial score (nSPS) is 9.90. The van der Waals surface area contributed by atoms with E-state index in [0.717, 1.165) is 6.54 Å². The van der Waals surface area contributed by atoms with Crippen LogP contribution in [0.4, 0.5) is 0 Å². The molecule has 0 aromatic heterocycles. The molecule has 0 N–H and O–H groups in total. The van der Waals surface area contributed by atoms with Gasteiger partial charge in [-0.3, -0.25) is 0 Å².